The second kappa shape index (κ2) is 11.2. The summed E-state index contributed by atoms with van der Waals surface area (Å²) >= 11 is 0. The highest BCUT2D eigenvalue weighted by atomic mass is 16.5. The van der Waals surface area contributed by atoms with Crippen molar-refractivity contribution in [3.05, 3.63) is 75.3 Å². The van der Waals surface area contributed by atoms with E-state index in [4.69, 9.17) is 13.9 Å². The van der Waals surface area contributed by atoms with Crippen molar-refractivity contribution in [2.75, 3.05) is 7.11 Å². The molecule has 1 unspecified atom stereocenters. The fourth-order valence-corrected chi connectivity index (χ4v) is 5.69. The summed E-state index contributed by atoms with van der Waals surface area (Å²) in [6.07, 6.45) is 2.03. The molecule has 2 aromatic carbocycles. The lowest BCUT2D eigenvalue weighted by Crippen LogP contribution is -2.54. The summed E-state index contributed by atoms with van der Waals surface area (Å²) in [6, 6.07) is 12.4. The van der Waals surface area contributed by atoms with Gasteiger partial charge in [-0.2, -0.15) is 0 Å². The van der Waals surface area contributed by atoms with E-state index in [9.17, 15) is 14.4 Å². The molecule has 0 aliphatic carbocycles. The zero-order chi connectivity index (χ0) is 28.6. The number of aryl methyl sites for hydroxylation is 2. The first kappa shape index (κ1) is 27.5. The zero-order valence-electron chi connectivity index (χ0n) is 23.7. The van der Waals surface area contributed by atoms with E-state index < -0.39 is 23.7 Å². The maximum atomic E-state index is 14.2. The van der Waals surface area contributed by atoms with Gasteiger partial charge in [-0.15, -0.1) is 0 Å². The van der Waals surface area contributed by atoms with Crippen LogP contribution < -0.4 is 10.4 Å². The second-order valence-corrected chi connectivity index (χ2v) is 10.9. The average molecular weight is 545 g/mol. The van der Waals surface area contributed by atoms with Crippen molar-refractivity contribution in [1.82, 2.24) is 9.88 Å². The SMILES string of the molecule is CCCCc1cc(=O)oc2cc(C)cc(OC(C(=O)N3Cc4[nH]c5ccccc5c4C[C@H]3C(=O)OC)C(C)C)c12. The average Bonchev–Trinajstić information content (AvgIpc) is 3.30. The van der Waals surface area contributed by atoms with Crippen LogP contribution in [-0.4, -0.2) is 41.0 Å². The smallest absolute Gasteiger partial charge is 0.336 e. The number of aromatic amines is 1. The van der Waals surface area contributed by atoms with Gasteiger partial charge in [-0.3, -0.25) is 4.79 Å². The number of nitrogens with one attached hydrogen (secondary N) is 1. The molecule has 0 saturated carbocycles. The summed E-state index contributed by atoms with van der Waals surface area (Å²) in [5.41, 5.74) is 4.62. The highest BCUT2D eigenvalue weighted by Crippen LogP contribution is 2.35. The van der Waals surface area contributed by atoms with Crippen molar-refractivity contribution in [2.24, 2.45) is 5.92 Å². The number of esters is 1. The summed E-state index contributed by atoms with van der Waals surface area (Å²) < 4.78 is 17.2. The first-order chi connectivity index (χ1) is 19.2. The molecule has 40 heavy (non-hydrogen) atoms. The minimum Gasteiger partial charge on any atom is -0.480 e. The molecule has 210 valence electrons. The van der Waals surface area contributed by atoms with Crippen LogP contribution in [0.15, 0.2) is 51.7 Å². The van der Waals surface area contributed by atoms with Gasteiger partial charge in [0.1, 0.15) is 17.4 Å². The number of rotatable bonds is 8. The number of nitrogens with zero attached hydrogens (tertiary/aromatic N) is 1. The molecule has 0 bridgehead atoms. The van der Waals surface area contributed by atoms with Crippen molar-refractivity contribution in [3.8, 4) is 5.75 Å². The monoisotopic (exact) mass is 544 g/mol. The maximum Gasteiger partial charge on any atom is 0.336 e. The summed E-state index contributed by atoms with van der Waals surface area (Å²) in [4.78, 5) is 44.5. The van der Waals surface area contributed by atoms with E-state index in [-0.39, 0.29) is 18.4 Å². The Hall–Kier alpha value is -4.07. The molecule has 1 amide bonds. The number of hydrogen-bond acceptors (Lipinski definition) is 6. The number of carbonyl (C=O) groups is 2. The minimum atomic E-state index is -0.881. The van der Waals surface area contributed by atoms with Crippen molar-refractivity contribution < 1.29 is 23.5 Å². The van der Waals surface area contributed by atoms with Gasteiger partial charge in [-0.05, 0) is 60.6 Å². The Kier molecular flexibility index (Phi) is 7.70. The number of amides is 1. The van der Waals surface area contributed by atoms with Gasteiger partial charge in [-0.1, -0.05) is 45.4 Å². The molecule has 3 heterocycles. The number of fused-ring (bicyclic) bond motifs is 4. The van der Waals surface area contributed by atoms with Gasteiger partial charge in [0.05, 0.1) is 19.0 Å². The second-order valence-electron chi connectivity index (χ2n) is 10.9. The molecule has 8 nitrogen and oxygen atoms in total. The topological polar surface area (TPSA) is 102 Å². The Morgan fingerprint density at radius 3 is 2.67 bits per heavy atom. The fraction of sp³-hybridized carbons (Fsp3) is 0.406. The molecule has 0 saturated heterocycles. The Bertz CT molecular complexity index is 1630. The maximum absolute atomic E-state index is 14.2. The number of methoxy groups -OCH3 is 1. The highest BCUT2D eigenvalue weighted by molar-refractivity contribution is 5.92. The number of ether oxygens (including phenoxy) is 2. The molecule has 2 atom stereocenters. The molecule has 2 aromatic heterocycles. The van der Waals surface area contributed by atoms with Crippen LogP contribution in [0.4, 0.5) is 0 Å². The van der Waals surface area contributed by atoms with Crippen LogP contribution in [0.25, 0.3) is 21.9 Å². The van der Waals surface area contributed by atoms with E-state index in [1.807, 2.05) is 57.2 Å². The summed E-state index contributed by atoms with van der Waals surface area (Å²) in [5, 5.41) is 1.75. The van der Waals surface area contributed by atoms with Gasteiger partial charge in [0.25, 0.3) is 5.91 Å². The van der Waals surface area contributed by atoms with Gasteiger partial charge in [0, 0.05) is 29.1 Å². The van der Waals surface area contributed by atoms with E-state index in [0.717, 1.165) is 46.1 Å². The Morgan fingerprint density at radius 1 is 1.18 bits per heavy atom. The number of aromatic nitrogens is 1. The van der Waals surface area contributed by atoms with Crippen molar-refractivity contribution in [2.45, 2.75) is 72.1 Å². The minimum absolute atomic E-state index is 0.208. The van der Waals surface area contributed by atoms with Gasteiger partial charge in [-0.25, -0.2) is 9.59 Å². The highest BCUT2D eigenvalue weighted by Gasteiger charge is 2.41. The van der Waals surface area contributed by atoms with Crippen molar-refractivity contribution >= 4 is 33.7 Å². The van der Waals surface area contributed by atoms with Gasteiger partial charge in [0.15, 0.2) is 6.10 Å². The number of benzene rings is 2. The Morgan fingerprint density at radius 2 is 1.95 bits per heavy atom. The quantitative estimate of drug-likeness (QED) is 0.234. The fourth-order valence-electron chi connectivity index (χ4n) is 5.69. The van der Waals surface area contributed by atoms with Crippen molar-refractivity contribution in [3.63, 3.8) is 0 Å². The van der Waals surface area contributed by atoms with Crippen molar-refractivity contribution in [1.29, 1.82) is 0 Å². The predicted octanol–water partition coefficient (Wildman–Crippen LogP) is 5.46. The molecule has 8 heteroatoms. The van der Waals surface area contributed by atoms with E-state index >= 15 is 0 Å². The van der Waals surface area contributed by atoms with E-state index in [1.165, 1.54) is 13.2 Å². The Labute approximate surface area is 233 Å². The molecule has 1 aliphatic heterocycles. The van der Waals surface area contributed by atoms with Crippen LogP contribution >= 0.6 is 0 Å². The molecule has 1 aliphatic rings. The standard InChI is InChI=1S/C32H36N2O6/c1-6-7-10-20-15-28(35)39-26-13-19(4)14-27(29(20)26)40-30(18(2)3)31(36)34-17-24-22(16-25(34)32(37)38-5)21-11-8-9-12-23(21)33-24/h8-9,11-15,18,25,30,33H,6-7,10,16-17H2,1-5H3/t25-,30?/m0/s1. The Balaban J connectivity index is 1.55. The van der Waals surface area contributed by atoms with Gasteiger partial charge < -0.3 is 23.8 Å². The molecule has 5 rings (SSSR count). The van der Waals surface area contributed by atoms with Gasteiger partial charge >= 0.3 is 11.6 Å². The molecular formula is C32H36N2O6. The third-order valence-electron chi connectivity index (χ3n) is 7.70. The first-order valence-electron chi connectivity index (χ1n) is 13.9. The van der Waals surface area contributed by atoms with Crippen LogP contribution in [0.1, 0.15) is 56.0 Å². The van der Waals surface area contributed by atoms with Crippen LogP contribution in [0.2, 0.25) is 0 Å². The third-order valence-corrected chi connectivity index (χ3v) is 7.70. The summed E-state index contributed by atoms with van der Waals surface area (Å²) in [7, 11) is 1.34. The molecular weight excluding hydrogens is 508 g/mol. The molecule has 0 spiro atoms. The third kappa shape index (κ3) is 5.10. The molecule has 1 N–H and O–H groups in total. The normalized spacial score (nSPS) is 15.8. The van der Waals surface area contributed by atoms with E-state index in [2.05, 4.69) is 11.9 Å². The van der Waals surface area contributed by atoms with E-state index in [1.54, 1.807) is 4.90 Å². The lowest BCUT2D eigenvalue weighted by atomic mass is 9.94. The summed E-state index contributed by atoms with van der Waals surface area (Å²) in [5.74, 6) is -0.469. The molecule has 0 fully saturated rings. The van der Waals surface area contributed by atoms with Crippen LogP contribution in [0.3, 0.4) is 0 Å². The van der Waals surface area contributed by atoms with Crippen LogP contribution in [0.5, 0.6) is 5.75 Å². The largest absolute Gasteiger partial charge is 0.480 e. The number of unbranched alkanes of at least 4 members (excludes halogenated alkanes) is 1. The lowest BCUT2D eigenvalue weighted by Gasteiger charge is -2.37. The number of H-pyrrole nitrogens is 1. The van der Waals surface area contributed by atoms with Crippen LogP contribution in [-0.2, 0) is 33.7 Å². The number of para-hydroxylation sites is 1. The summed E-state index contributed by atoms with van der Waals surface area (Å²) in [6.45, 7) is 8.07. The number of carbonyl (C=O) groups excluding carboxylic acids is 2. The molecule has 0 radical (unpaired) electrons. The van der Waals surface area contributed by atoms with Gasteiger partial charge in [0.2, 0.25) is 0 Å². The lowest BCUT2D eigenvalue weighted by molar-refractivity contribution is -0.158. The van der Waals surface area contributed by atoms with Crippen LogP contribution in [0, 0.1) is 12.8 Å². The first-order valence-corrected chi connectivity index (χ1v) is 13.9. The molecule has 4 aromatic rings. The van der Waals surface area contributed by atoms with E-state index in [0.29, 0.717) is 29.6 Å². The predicted molar refractivity (Wildman–Crippen MR) is 153 cm³/mol. The number of hydrogen-bond donors (Lipinski definition) is 1. The zero-order valence-corrected chi connectivity index (χ0v) is 23.7.